The molecule has 134 valence electrons. The molecule has 0 aliphatic carbocycles. The van der Waals surface area contributed by atoms with Crippen molar-refractivity contribution in [3.63, 3.8) is 0 Å². The number of rotatable bonds is 5. The molecule has 25 heavy (non-hydrogen) atoms. The van der Waals surface area contributed by atoms with Crippen molar-refractivity contribution in [3.05, 3.63) is 52.0 Å². The molecule has 1 saturated heterocycles. The second-order valence-electron chi connectivity index (χ2n) is 6.63. The number of hydrogen-bond donors (Lipinski definition) is 1. The molecule has 2 heterocycles. The van der Waals surface area contributed by atoms with E-state index in [0.717, 1.165) is 36.8 Å². The molecule has 2 amide bonds. The van der Waals surface area contributed by atoms with Gasteiger partial charge in [0.2, 0.25) is 0 Å². The average Bonchev–Trinajstić information content (AvgIpc) is 3.06. The highest BCUT2D eigenvalue weighted by atomic mass is 32.1. The summed E-state index contributed by atoms with van der Waals surface area (Å²) < 4.78 is 5.55. The van der Waals surface area contributed by atoms with E-state index in [2.05, 4.69) is 34.6 Å². The largest absolute Gasteiger partial charge is 0.381 e. The van der Waals surface area contributed by atoms with Crippen molar-refractivity contribution >= 4 is 17.4 Å². The Morgan fingerprint density at radius 1 is 1.32 bits per heavy atom. The summed E-state index contributed by atoms with van der Waals surface area (Å²) in [7, 11) is 1.81. The molecule has 1 N–H and O–H groups in total. The van der Waals surface area contributed by atoms with Crippen LogP contribution >= 0.6 is 11.3 Å². The molecular weight excluding hydrogens is 334 g/mol. The van der Waals surface area contributed by atoms with Crippen LogP contribution in [0, 0.1) is 6.92 Å². The summed E-state index contributed by atoms with van der Waals surface area (Å²) >= 11 is 1.61. The third kappa shape index (κ3) is 4.38. The number of aromatic nitrogens is 1. The highest BCUT2D eigenvalue weighted by molar-refractivity contribution is 7.09. The van der Waals surface area contributed by atoms with E-state index < -0.39 is 0 Å². The van der Waals surface area contributed by atoms with E-state index in [1.165, 1.54) is 5.56 Å². The van der Waals surface area contributed by atoms with Crippen molar-refractivity contribution < 1.29 is 9.53 Å². The van der Waals surface area contributed by atoms with E-state index in [9.17, 15) is 4.79 Å². The van der Waals surface area contributed by atoms with Crippen molar-refractivity contribution in [2.45, 2.75) is 31.7 Å². The van der Waals surface area contributed by atoms with Crippen LogP contribution in [0.25, 0.3) is 0 Å². The molecule has 2 aromatic rings. The first kappa shape index (κ1) is 17.9. The number of nitrogens with one attached hydrogen (secondary N) is 1. The van der Waals surface area contributed by atoms with Gasteiger partial charge < -0.3 is 15.0 Å². The van der Waals surface area contributed by atoms with Crippen LogP contribution in [0.5, 0.6) is 0 Å². The zero-order valence-corrected chi connectivity index (χ0v) is 15.6. The van der Waals surface area contributed by atoms with Gasteiger partial charge in [-0.2, -0.15) is 0 Å². The van der Waals surface area contributed by atoms with Crippen LogP contribution in [0.1, 0.15) is 29.1 Å². The molecular formula is C19H25N3O2S. The van der Waals surface area contributed by atoms with Gasteiger partial charge in [-0.05, 0) is 25.3 Å². The lowest BCUT2D eigenvalue weighted by Gasteiger charge is -2.38. The maximum absolute atomic E-state index is 12.5. The Hall–Kier alpha value is -1.92. The maximum atomic E-state index is 12.5. The number of carbonyl (C=O) groups is 1. The number of aryl methyl sites for hydroxylation is 1. The van der Waals surface area contributed by atoms with Crippen molar-refractivity contribution in [2.75, 3.05) is 26.8 Å². The lowest BCUT2D eigenvalue weighted by atomic mass is 9.74. The molecule has 0 saturated carbocycles. The summed E-state index contributed by atoms with van der Waals surface area (Å²) in [6, 6.07) is 10.4. The van der Waals surface area contributed by atoms with Crippen molar-refractivity contribution in [1.29, 1.82) is 0 Å². The van der Waals surface area contributed by atoms with Crippen LogP contribution in [-0.4, -0.2) is 42.7 Å². The number of urea groups is 1. The Morgan fingerprint density at radius 2 is 2.04 bits per heavy atom. The first-order chi connectivity index (χ1) is 12.1. The molecule has 6 heteroatoms. The average molecular weight is 359 g/mol. The second kappa shape index (κ2) is 7.97. The highest BCUT2D eigenvalue weighted by Crippen LogP contribution is 2.34. The molecule has 1 aliphatic rings. The fourth-order valence-electron chi connectivity index (χ4n) is 3.30. The SMILES string of the molecule is Cc1nc(CN(C)C(=O)NCC2(c3ccccc3)CCOCC2)cs1. The molecule has 3 rings (SSSR count). The van der Waals surface area contributed by atoms with Gasteiger partial charge in [0.05, 0.1) is 17.2 Å². The molecule has 1 aliphatic heterocycles. The van der Waals surface area contributed by atoms with Gasteiger partial charge in [-0.3, -0.25) is 0 Å². The fraction of sp³-hybridized carbons (Fsp3) is 0.474. The molecule has 1 fully saturated rings. The van der Waals surface area contributed by atoms with Gasteiger partial charge in [0, 0.05) is 37.6 Å². The summed E-state index contributed by atoms with van der Waals surface area (Å²) in [5.41, 5.74) is 2.16. The lowest BCUT2D eigenvalue weighted by Crippen LogP contribution is -2.47. The molecule has 0 bridgehead atoms. The Morgan fingerprint density at radius 3 is 2.68 bits per heavy atom. The van der Waals surface area contributed by atoms with Crippen LogP contribution in [0.3, 0.4) is 0 Å². The molecule has 0 unspecified atom stereocenters. The summed E-state index contributed by atoms with van der Waals surface area (Å²) in [4.78, 5) is 18.6. The summed E-state index contributed by atoms with van der Waals surface area (Å²) in [6.07, 6.45) is 1.85. The quantitative estimate of drug-likeness (QED) is 0.891. The van der Waals surface area contributed by atoms with Crippen molar-refractivity contribution in [1.82, 2.24) is 15.2 Å². The number of ether oxygens (including phenoxy) is 1. The molecule has 0 radical (unpaired) electrons. The van der Waals surface area contributed by atoms with Gasteiger partial charge in [-0.15, -0.1) is 11.3 Å². The monoisotopic (exact) mass is 359 g/mol. The second-order valence-corrected chi connectivity index (χ2v) is 7.69. The van der Waals surface area contributed by atoms with E-state index in [0.29, 0.717) is 13.1 Å². The highest BCUT2D eigenvalue weighted by Gasteiger charge is 2.35. The first-order valence-corrected chi connectivity index (χ1v) is 9.50. The van der Waals surface area contributed by atoms with Gasteiger partial charge >= 0.3 is 6.03 Å². The Kier molecular flexibility index (Phi) is 5.71. The first-order valence-electron chi connectivity index (χ1n) is 8.62. The minimum absolute atomic E-state index is 0.0484. The van der Waals surface area contributed by atoms with Gasteiger partial charge in [0.25, 0.3) is 0 Å². The van der Waals surface area contributed by atoms with Gasteiger partial charge in [0.15, 0.2) is 0 Å². The number of nitrogens with zero attached hydrogens (tertiary/aromatic N) is 2. The van der Waals surface area contributed by atoms with Crippen molar-refractivity contribution in [2.24, 2.45) is 0 Å². The predicted molar refractivity (Wildman–Crippen MR) is 99.9 cm³/mol. The number of amides is 2. The maximum Gasteiger partial charge on any atom is 0.317 e. The van der Waals surface area contributed by atoms with E-state index in [1.807, 2.05) is 25.4 Å². The molecule has 0 spiro atoms. The van der Waals surface area contributed by atoms with Crippen LogP contribution in [0.2, 0.25) is 0 Å². The van der Waals surface area contributed by atoms with Crippen LogP contribution < -0.4 is 5.32 Å². The van der Waals surface area contributed by atoms with Gasteiger partial charge in [0.1, 0.15) is 0 Å². The summed E-state index contributed by atoms with van der Waals surface area (Å²) in [5.74, 6) is 0. The Balaban J connectivity index is 1.63. The number of thiazole rings is 1. The van der Waals surface area contributed by atoms with E-state index in [-0.39, 0.29) is 11.4 Å². The fourth-order valence-corrected chi connectivity index (χ4v) is 3.90. The third-order valence-electron chi connectivity index (χ3n) is 4.83. The standard InChI is InChI=1S/C19H25N3O2S/c1-15-21-17(13-25-15)12-22(2)18(23)20-14-19(8-10-24-11-9-19)16-6-4-3-5-7-16/h3-7,13H,8-12,14H2,1-2H3,(H,20,23). The van der Waals surface area contributed by atoms with Crippen LogP contribution in [-0.2, 0) is 16.7 Å². The lowest BCUT2D eigenvalue weighted by molar-refractivity contribution is 0.0502. The van der Waals surface area contributed by atoms with E-state index in [1.54, 1.807) is 16.2 Å². The van der Waals surface area contributed by atoms with Crippen LogP contribution in [0.4, 0.5) is 4.79 Å². The zero-order chi connectivity index (χ0) is 17.7. The Bertz CT molecular complexity index is 696. The predicted octanol–water partition coefficient (Wildman–Crippen LogP) is 3.34. The summed E-state index contributed by atoms with van der Waals surface area (Å²) in [5, 5.41) is 6.15. The van der Waals surface area contributed by atoms with E-state index in [4.69, 9.17) is 4.74 Å². The number of benzene rings is 1. The zero-order valence-electron chi connectivity index (χ0n) is 14.8. The smallest absolute Gasteiger partial charge is 0.317 e. The summed E-state index contributed by atoms with van der Waals surface area (Å²) in [6.45, 7) is 4.59. The molecule has 5 nitrogen and oxygen atoms in total. The number of hydrogen-bond acceptors (Lipinski definition) is 4. The minimum atomic E-state index is -0.0625. The Labute approximate surface area is 153 Å². The van der Waals surface area contributed by atoms with Crippen LogP contribution in [0.15, 0.2) is 35.7 Å². The van der Waals surface area contributed by atoms with Gasteiger partial charge in [-0.25, -0.2) is 9.78 Å². The molecule has 1 aromatic heterocycles. The minimum Gasteiger partial charge on any atom is -0.381 e. The molecule has 0 atom stereocenters. The van der Waals surface area contributed by atoms with E-state index >= 15 is 0 Å². The normalized spacial score (nSPS) is 16.4. The number of carbonyl (C=O) groups excluding carboxylic acids is 1. The van der Waals surface area contributed by atoms with Crippen molar-refractivity contribution in [3.8, 4) is 0 Å². The third-order valence-corrected chi connectivity index (χ3v) is 5.65. The van der Waals surface area contributed by atoms with Gasteiger partial charge in [-0.1, -0.05) is 30.3 Å². The molecule has 1 aromatic carbocycles. The topological polar surface area (TPSA) is 54.5 Å².